The number of hydrogen-bond acceptors (Lipinski definition) is 16. The predicted octanol–water partition coefficient (Wildman–Crippen LogP) is 3.76. The van der Waals surface area contributed by atoms with Crippen molar-refractivity contribution in [3.8, 4) is 29.4 Å². The number of phenolic OH excluding ortho intramolecular Hbond substituents is 1. The van der Waals surface area contributed by atoms with Gasteiger partial charge in [-0.2, -0.15) is 0 Å². The SMILES string of the molecule is CC(C)[C@H](CC(=O)CCCN1C(=O)C=CC1=O)C(=O)N[C@@H](CCCCC(N)=O)C(=O)Cc1ccc(COC(=O)CCCNc2ccc3c(c2)C(=O)c2c(O)cc4c(c2C3=O)N[C@H]2C#C/C=C\C#C[C@@H](O)[C@@]43O[C@@]23[C@@H](C)O)cc1. The van der Waals surface area contributed by atoms with Crippen molar-refractivity contribution in [3.05, 3.63) is 112 Å². The first kappa shape index (κ1) is 56.0. The lowest BCUT2D eigenvalue weighted by Crippen LogP contribution is -2.54. The fourth-order valence-electron chi connectivity index (χ4n) is 10.6. The number of amides is 4. The van der Waals surface area contributed by atoms with E-state index in [1.807, 2.05) is 0 Å². The van der Waals surface area contributed by atoms with Crippen LogP contribution in [0, 0.1) is 35.5 Å². The number of esters is 1. The number of ether oxygens (including phenoxy) is 2. The third-order valence-electron chi connectivity index (χ3n) is 14.8. The first-order chi connectivity index (χ1) is 37.3. The van der Waals surface area contributed by atoms with Crippen molar-refractivity contribution in [1.82, 2.24) is 10.2 Å². The molecule has 1 saturated heterocycles. The highest BCUT2D eigenvalue weighted by Gasteiger charge is 2.82. The van der Waals surface area contributed by atoms with Crippen LogP contribution in [0.5, 0.6) is 5.75 Å². The zero-order valence-electron chi connectivity index (χ0n) is 43.4. The fraction of sp³-hybridized carbons (Fsp3) is 0.407. The second kappa shape index (κ2) is 23.6. The highest BCUT2D eigenvalue weighted by Crippen LogP contribution is 2.67. The number of primary amides is 1. The number of allylic oxidation sites excluding steroid dienone is 2. The summed E-state index contributed by atoms with van der Waals surface area (Å²) < 4.78 is 11.7. The summed E-state index contributed by atoms with van der Waals surface area (Å²) in [4.78, 5) is 118. The van der Waals surface area contributed by atoms with E-state index in [0.717, 1.165) is 4.90 Å². The number of nitrogens with one attached hydrogen (secondary N) is 3. The second-order valence-electron chi connectivity index (χ2n) is 20.5. The number of epoxide rings is 1. The van der Waals surface area contributed by atoms with Crippen LogP contribution in [-0.2, 0) is 61.7 Å². The maximum Gasteiger partial charge on any atom is 0.306 e. The molecule has 3 aromatic carbocycles. The van der Waals surface area contributed by atoms with Crippen molar-refractivity contribution in [2.45, 2.75) is 127 Å². The van der Waals surface area contributed by atoms with E-state index in [1.54, 1.807) is 44.2 Å². The van der Waals surface area contributed by atoms with Gasteiger partial charge in [-0.1, -0.05) is 68.2 Å². The van der Waals surface area contributed by atoms with Gasteiger partial charge in [0.2, 0.25) is 11.8 Å². The number of phenols is 1. The van der Waals surface area contributed by atoms with Gasteiger partial charge in [0.1, 0.15) is 24.2 Å². The van der Waals surface area contributed by atoms with Crippen LogP contribution in [0.2, 0.25) is 0 Å². The van der Waals surface area contributed by atoms with Crippen LogP contribution in [0.1, 0.15) is 127 Å². The minimum absolute atomic E-state index is 0.0368. The number of fused-ring (bicyclic) bond motifs is 4. The summed E-state index contributed by atoms with van der Waals surface area (Å²) in [6.07, 6.45) is 4.39. The van der Waals surface area contributed by atoms with Crippen molar-refractivity contribution in [3.63, 3.8) is 0 Å². The molecule has 0 radical (unpaired) electrons. The quantitative estimate of drug-likeness (QED) is 0.0124. The van der Waals surface area contributed by atoms with E-state index >= 15 is 0 Å². The highest BCUT2D eigenvalue weighted by molar-refractivity contribution is 6.31. The van der Waals surface area contributed by atoms with Gasteiger partial charge in [0, 0.05) is 85.6 Å². The van der Waals surface area contributed by atoms with Crippen LogP contribution in [0.15, 0.2) is 72.8 Å². The second-order valence-corrected chi connectivity index (χ2v) is 20.5. The van der Waals surface area contributed by atoms with E-state index in [9.17, 15) is 58.5 Å². The summed E-state index contributed by atoms with van der Waals surface area (Å²) in [6.45, 7) is 5.44. The van der Waals surface area contributed by atoms with Crippen LogP contribution in [0.3, 0.4) is 0 Å². The number of aliphatic hydroxyl groups is 2. The molecular formula is C59H61N5O14. The molecule has 3 aliphatic heterocycles. The van der Waals surface area contributed by atoms with E-state index in [-0.39, 0.29) is 109 Å². The Labute approximate surface area is 450 Å². The number of nitrogens with zero attached hydrogens (tertiary/aromatic N) is 1. The van der Waals surface area contributed by atoms with Gasteiger partial charge < -0.3 is 46.5 Å². The third-order valence-corrected chi connectivity index (χ3v) is 14.8. The molecule has 0 unspecified atom stereocenters. The maximum absolute atomic E-state index is 14.3. The number of ketones is 4. The van der Waals surface area contributed by atoms with Crippen LogP contribution in [0.4, 0.5) is 11.4 Å². The molecule has 8 N–H and O–H groups in total. The summed E-state index contributed by atoms with van der Waals surface area (Å²) >= 11 is 0. The summed E-state index contributed by atoms with van der Waals surface area (Å²) in [5, 5.41) is 43.1. The fourth-order valence-corrected chi connectivity index (χ4v) is 10.6. The number of imide groups is 1. The lowest BCUT2D eigenvalue weighted by atomic mass is 9.69. The number of hydrogen-bond donors (Lipinski definition) is 7. The van der Waals surface area contributed by atoms with Crippen LogP contribution in [0.25, 0.3) is 0 Å². The lowest BCUT2D eigenvalue weighted by Gasteiger charge is -2.37. The molecule has 2 bridgehead atoms. The van der Waals surface area contributed by atoms with Gasteiger partial charge >= 0.3 is 5.97 Å². The number of benzene rings is 3. The number of nitrogens with two attached hydrogens (primary N) is 1. The number of unbranched alkanes of at least 4 members (excludes halogenated alkanes) is 1. The van der Waals surface area contributed by atoms with Crippen molar-refractivity contribution in [1.29, 1.82) is 0 Å². The molecule has 0 saturated carbocycles. The Morgan fingerprint density at radius 1 is 0.846 bits per heavy atom. The normalized spacial score (nSPS) is 21.6. The van der Waals surface area contributed by atoms with Gasteiger partial charge in [0.25, 0.3) is 11.8 Å². The lowest BCUT2D eigenvalue weighted by molar-refractivity contribution is -0.145. The molecule has 0 spiro atoms. The molecule has 8 rings (SSSR count). The Morgan fingerprint density at radius 3 is 2.23 bits per heavy atom. The Kier molecular flexibility index (Phi) is 16.9. The molecule has 1 fully saturated rings. The average Bonchev–Trinajstić information content (AvgIpc) is 3.44. The zero-order valence-corrected chi connectivity index (χ0v) is 43.4. The Morgan fingerprint density at radius 2 is 1.54 bits per heavy atom. The summed E-state index contributed by atoms with van der Waals surface area (Å²) in [6, 6.07) is 10.9. The molecular weight excluding hydrogens is 1000 g/mol. The number of rotatable bonds is 25. The molecule has 2 aliphatic carbocycles. The number of carbonyl (C=O) groups is 9. The number of Topliss-reactive ketones (excluding diaryl/α,β-unsaturated/α-hetero) is 2. The van der Waals surface area contributed by atoms with E-state index in [1.165, 1.54) is 49.4 Å². The standard InChI is InChI=1S/C59H61N5O14/c1-33(2)40(30-38(66)12-11-27-64-49(71)24-25-50(64)72)57(76)62-43(13-8-9-16-48(60)70)44(67)28-35-18-20-36(21-19-35)32-77-51(73)17-10-26-61-37-22-23-39-41(29-37)56(75)52-45(68)31-42-54(53(52)55(39)74)63-46-14-6-4-5-7-15-47(69)59(42)58(46,78-59)34(3)65/h4-5,18-25,29,31,33-34,40,43,46-47,61,63,65,68-69H,8-13,16-17,26-28,30,32H2,1-3H3,(H2,60,70)(H,62,76)/b5-4-/t34-,40+,43+,46+,47-,58+,59+/m1/s1. The van der Waals surface area contributed by atoms with Crippen molar-refractivity contribution < 1.29 is 67.9 Å². The Balaban J connectivity index is 0.821. The van der Waals surface area contributed by atoms with Crippen molar-refractivity contribution in [2.24, 2.45) is 17.6 Å². The molecule has 3 heterocycles. The summed E-state index contributed by atoms with van der Waals surface area (Å²) in [5.74, 6) is 5.79. The number of aliphatic hydroxyl groups excluding tert-OH is 2. The molecule has 5 aliphatic rings. The number of carbonyl (C=O) groups excluding carboxylic acids is 9. The monoisotopic (exact) mass is 1060 g/mol. The van der Waals surface area contributed by atoms with Gasteiger partial charge in [-0.3, -0.25) is 48.1 Å². The van der Waals surface area contributed by atoms with Gasteiger partial charge in [-0.25, -0.2) is 0 Å². The minimum Gasteiger partial charge on any atom is -0.507 e. The van der Waals surface area contributed by atoms with Gasteiger partial charge in [-0.15, -0.1) is 0 Å². The molecule has 3 aromatic rings. The summed E-state index contributed by atoms with van der Waals surface area (Å²) in [5.41, 5.74) is 3.97. The molecule has 406 valence electrons. The van der Waals surface area contributed by atoms with Crippen molar-refractivity contribution >= 4 is 64.1 Å². The number of aromatic hydroxyl groups is 1. The summed E-state index contributed by atoms with van der Waals surface area (Å²) in [7, 11) is 0. The Hall–Kier alpha value is -8.23. The Bertz CT molecular complexity index is 3160. The molecule has 78 heavy (non-hydrogen) atoms. The van der Waals surface area contributed by atoms with Crippen LogP contribution >= 0.6 is 0 Å². The van der Waals surface area contributed by atoms with Gasteiger partial charge in [0.15, 0.2) is 34.7 Å². The molecule has 4 amide bonds. The van der Waals surface area contributed by atoms with Gasteiger partial charge in [-0.05, 0) is 86.1 Å². The van der Waals surface area contributed by atoms with E-state index < -0.39 is 88.3 Å². The zero-order chi connectivity index (χ0) is 56.1. The smallest absolute Gasteiger partial charge is 0.306 e. The van der Waals surface area contributed by atoms with Gasteiger partial charge in [0.05, 0.1) is 29.0 Å². The maximum atomic E-state index is 14.3. The van der Waals surface area contributed by atoms with Crippen LogP contribution in [-0.4, -0.2) is 116 Å². The highest BCUT2D eigenvalue weighted by atomic mass is 16.7. The number of anilines is 2. The molecule has 7 atom stereocenters. The molecule has 19 nitrogen and oxygen atoms in total. The van der Waals surface area contributed by atoms with E-state index in [4.69, 9.17) is 15.2 Å². The minimum atomic E-state index is -1.69. The molecule has 19 heteroatoms. The average molecular weight is 1060 g/mol. The predicted molar refractivity (Wildman–Crippen MR) is 282 cm³/mol. The first-order valence-electron chi connectivity index (χ1n) is 26.0. The largest absolute Gasteiger partial charge is 0.507 e. The molecule has 0 aromatic heterocycles. The van der Waals surface area contributed by atoms with E-state index in [2.05, 4.69) is 39.6 Å². The third kappa shape index (κ3) is 11.4. The van der Waals surface area contributed by atoms with E-state index in [0.29, 0.717) is 42.6 Å². The van der Waals surface area contributed by atoms with Crippen LogP contribution < -0.4 is 21.7 Å². The van der Waals surface area contributed by atoms with Crippen molar-refractivity contribution in [2.75, 3.05) is 23.7 Å². The topological polar surface area (TPSA) is 301 Å². The first-order valence-corrected chi connectivity index (χ1v) is 26.0.